The number of carbonyl (C=O) groups is 3. The minimum absolute atomic E-state index is 0.0306. The molecule has 2 aromatic heterocycles. The van der Waals surface area contributed by atoms with Gasteiger partial charge in [-0.15, -0.1) is 0 Å². The largest absolute Gasteiger partial charge is 0.496 e. The van der Waals surface area contributed by atoms with Crippen LogP contribution in [0.2, 0.25) is 0 Å². The highest BCUT2D eigenvalue weighted by molar-refractivity contribution is 6.03. The van der Waals surface area contributed by atoms with Crippen molar-refractivity contribution in [2.24, 2.45) is 0 Å². The van der Waals surface area contributed by atoms with Crippen LogP contribution >= 0.6 is 0 Å². The number of carbonyl (C=O) groups excluding carboxylic acids is 2. The van der Waals surface area contributed by atoms with Crippen LogP contribution in [0.15, 0.2) is 18.2 Å². The van der Waals surface area contributed by atoms with Crippen LogP contribution < -0.4 is 15.4 Å². The summed E-state index contributed by atoms with van der Waals surface area (Å²) in [6, 6.07) is 4.76. The van der Waals surface area contributed by atoms with Crippen molar-refractivity contribution in [3.63, 3.8) is 0 Å². The maximum Gasteiger partial charge on any atom is 0.413 e. The molecule has 13 nitrogen and oxygen atoms in total. The third kappa shape index (κ3) is 5.57. The molecule has 35 heavy (non-hydrogen) atoms. The van der Waals surface area contributed by atoms with Gasteiger partial charge in [0.1, 0.15) is 16.8 Å². The molecule has 0 spiro atoms. The van der Waals surface area contributed by atoms with E-state index in [1.54, 1.807) is 12.1 Å². The van der Waals surface area contributed by atoms with Crippen LogP contribution in [-0.4, -0.2) is 70.8 Å². The predicted octanol–water partition coefficient (Wildman–Crippen LogP) is 2.76. The Balaban J connectivity index is 2.15. The number of carboxylic acid groups (broad SMARTS) is 1. The molecule has 0 aliphatic rings. The van der Waals surface area contributed by atoms with Gasteiger partial charge >= 0.3 is 18.0 Å². The van der Waals surface area contributed by atoms with E-state index >= 15 is 0 Å². The lowest BCUT2D eigenvalue weighted by molar-refractivity contribution is 0.0599. The molecule has 0 fully saturated rings. The Morgan fingerprint density at radius 2 is 1.89 bits per heavy atom. The molecule has 0 aliphatic heterocycles. The Bertz CT molecular complexity index is 1260. The fourth-order valence-electron chi connectivity index (χ4n) is 3.33. The third-order valence-electron chi connectivity index (χ3n) is 5.04. The predicted molar refractivity (Wildman–Crippen MR) is 125 cm³/mol. The maximum atomic E-state index is 12.0. The monoisotopic (exact) mass is 486 g/mol. The van der Waals surface area contributed by atoms with Crippen molar-refractivity contribution in [2.45, 2.75) is 26.3 Å². The number of rotatable bonds is 10. The second-order valence-corrected chi connectivity index (χ2v) is 7.32. The summed E-state index contributed by atoms with van der Waals surface area (Å²) in [6.45, 7) is 2.66. The van der Waals surface area contributed by atoms with Crippen molar-refractivity contribution >= 4 is 40.8 Å². The van der Waals surface area contributed by atoms with E-state index in [1.807, 2.05) is 6.92 Å². The smallest absolute Gasteiger partial charge is 0.413 e. The standard InChI is InChI=1S/C22H26N6O7/c1-5-6-9-23-18-17-15(24-21(25-18)26-22(32)35-4)16(19(29)30)27-28(17)11-13-8-7-12(20(31)34-3)10-14(13)33-2/h7-8,10H,5-6,9,11H2,1-4H3,(H,29,30)(H2,23,24,25,26,32). The lowest BCUT2D eigenvalue weighted by atomic mass is 10.1. The number of nitrogens with one attached hydrogen (secondary N) is 2. The van der Waals surface area contributed by atoms with Gasteiger partial charge in [-0.3, -0.25) is 10.00 Å². The molecule has 3 rings (SSSR count). The molecule has 0 saturated carbocycles. The Morgan fingerprint density at radius 1 is 1.11 bits per heavy atom. The van der Waals surface area contributed by atoms with E-state index in [0.29, 0.717) is 34.8 Å². The topological polar surface area (TPSA) is 167 Å². The van der Waals surface area contributed by atoms with Crippen LogP contribution in [0.1, 0.15) is 46.2 Å². The summed E-state index contributed by atoms with van der Waals surface area (Å²) in [5.41, 5.74) is 0.960. The highest BCUT2D eigenvalue weighted by Gasteiger charge is 2.24. The minimum atomic E-state index is -1.30. The number of hydrogen-bond donors (Lipinski definition) is 3. The second-order valence-electron chi connectivity index (χ2n) is 7.32. The number of unbranched alkanes of at least 4 members (excludes halogenated alkanes) is 1. The van der Waals surface area contributed by atoms with Gasteiger partial charge in [0.2, 0.25) is 5.95 Å². The fraction of sp³-hybridized carbons (Fsp3) is 0.364. The van der Waals surface area contributed by atoms with E-state index in [2.05, 4.69) is 30.4 Å². The van der Waals surface area contributed by atoms with Crippen LogP contribution in [0.4, 0.5) is 16.6 Å². The molecule has 3 N–H and O–H groups in total. The molecule has 0 unspecified atom stereocenters. The van der Waals surface area contributed by atoms with Crippen LogP contribution in [0.3, 0.4) is 0 Å². The Hall–Kier alpha value is -4.42. The summed E-state index contributed by atoms with van der Waals surface area (Å²) in [5.74, 6) is -1.28. The van der Waals surface area contributed by atoms with E-state index in [9.17, 15) is 19.5 Å². The van der Waals surface area contributed by atoms with E-state index in [4.69, 9.17) is 9.47 Å². The van der Waals surface area contributed by atoms with E-state index < -0.39 is 18.0 Å². The summed E-state index contributed by atoms with van der Waals surface area (Å²) in [6.07, 6.45) is 0.940. The third-order valence-corrected chi connectivity index (χ3v) is 5.04. The molecule has 1 amide bonds. The average Bonchev–Trinajstić information content (AvgIpc) is 3.22. The number of anilines is 2. The normalized spacial score (nSPS) is 10.6. The lowest BCUT2D eigenvalue weighted by Crippen LogP contribution is -2.15. The number of methoxy groups -OCH3 is 3. The summed E-state index contributed by atoms with van der Waals surface area (Å²) < 4.78 is 16.2. The average molecular weight is 486 g/mol. The zero-order valence-corrected chi connectivity index (χ0v) is 19.7. The maximum absolute atomic E-state index is 12.0. The van der Waals surface area contributed by atoms with Crippen molar-refractivity contribution in [2.75, 3.05) is 38.5 Å². The van der Waals surface area contributed by atoms with Gasteiger partial charge in [0.05, 0.1) is 33.4 Å². The van der Waals surface area contributed by atoms with E-state index in [-0.39, 0.29) is 23.7 Å². The number of carboxylic acids is 1. The molecule has 0 saturated heterocycles. The number of nitrogens with zero attached hydrogens (tertiary/aromatic N) is 4. The number of aromatic carboxylic acids is 1. The first kappa shape index (κ1) is 25.2. The number of hydrogen-bond acceptors (Lipinski definition) is 10. The molecule has 3 aromatic rings. The highest BCUT2D eigenvalue weighted by atomic mass is 16.5. The second kappa shape index (κ2) is 11.1. The van der Waals surface area contributed by atoms with Gasteiger partial charge in [-0.25, -0.2) is 19.4 Å². The molecule has 2 heterocycles. The Kier molecular flexibility index (Phi) is 8.02. The van der Waals surface area contributed by atoms with Gasteiger partial charge in [-0.1, -0.05) is 19.4 Å². The zero-order valence-electron chi connectivity index (χ0n) is 19.7. The first-order valence-corrected chi connectivity index (χ1v) is 10.7. The van der Waals surface area contributed by atoms with Crippen molar-refractivity contribution in [1.29, 1.82) is 0 Å². The minimum Gasteiger partial charge on any atom is -0.496 e. The summed E-state index contributed by atoms with van der Waals surface area (Å²) in [5, 5.41) is 19.5. The fourth-order valence-corrected chi connectivity index (χ4v) is 3.33. The SMILES string of the molecule is CCCCNc1nc(NC(=O)OC)nc2c(C(=O)O)nn(Cc3ccc(C(=O)OC)cc3OC)c12. The molecule has 0 radical (unpaired) electrons. The van der Waals surface area contributed by atoms with Crippen molar-refractivity contribution in [1.82, 2.24) is 19.7 Å². The van der Waals surface area contributed by atoms with Crippen LogP contribution in [0, 0.1) is 0 Å². The number of esters is 1. The van der Waals surface area contributed by atoms with Gasteiger partial charge < -0.3 is 24.6 Å². The Labute approximate surface area is 200 Å². The molecular weight excluding hydrogens is 460 g/mol. The number of aromatic nitrogens is 4. The van der Waals surface area contributed by atoms with Crippen LogP contribution in [-0.2, 0) is 16.0 Å². The van der Waals surface area contributed by atoms with Crippen molar-refractivity contribution in [3.05, 3.63) is 35.0 Å². The molecule has 1 aromatic carbocycles. The number of fused-ring (bicyclic) bond motifs is 1. The highest BCUT2D eigenvalue weighted by Crippen LogP contribution is 2.28. The molecule has 0 aliphatic carbocycles. The van der Waals surface area contributed by atoms with Gasteiger partial charge in [-0.05, 0) is 18.6 Å². The van der Waals surface area contributed by atoms with Crippen molar-refractivity contribution in [3.8, 4) is 5.75 Å². The molecule has 0 bridgehead atoms. The van der Waals surface area contributed by atoms with E-state index in [1.165, 1.54) is 32.1 Å². The molecule has 13 heteroatoms. The molecule has 186 valence electrons. The first-order chi connectivity index (χ1) is 16.8. The Morgan fingerprint density at radius 3 is 2.51 bits per heavy atom. The summed E-state index contributed by atoms with van der Waals surface area (Å²) in [7, 11) is 3.92. The van der Waals surface area contributed by atoms with Gasteiger partial charge in [0.25, 0.3) is 0 Å². The number of ether oxygens (including phenoxy) is 3. The lowest BCUT2D eigenvalue weighted by Gasteiger charge is -2.13. The molecular formula is C22H26N6O7. The van der Waals surface area contributed by atoms with Gasteiger partial charge in [0.15, 0.2) is 11.5 Å². The number of amides is 1. The van der Waals surface area contributed by atoms with Crippen LogP contribution in [0.25, 0.3) is 11.0 Å². The van der Waals surface area contributed by atoms with Gasteiger partial charge in [0, 0.05) is 12.1 Å². The summed E-state index contributed by atoms with van der Waals surface area (Å²) >= 11 is 0. The first-order valence-electron chi connectivity index (χ1n) is 10.7. The summed E-state index contributed by atoms with van der Waals surface area (Å²) in [4.78, 5) is 44.1. The van der Waals surface area contributed by atoms with E-state index in [0.717, 1.165) is 12.8 Å². The molecule has 0 atom stereocenters. The number of benzene rings is 1. The van der Waals surface area contributed by atoms with Gasteiger partial charge in [-0.2, -0.15) is 10.1 Å². The zero-order chi connectivity index (χ0) is 25.5. The van der Waals surface area contributed by atoms with Crippen molar-refractivity contribution < 1.29 is 33.7 Å². The quantitative estimate of drug-likeness (QED) is 0.285. The van der Waals surface area contributed by atoms with Crippen LogP contribution in [0.5, 0.6) is 5.75 Å².